The van der Waals surface area contributed by atoms with E-state index in [2.05, 4.69) is 10.3 Å². The molecule has 0 saturated heterocycles. The predicted octanol–water partition coefficient (Wildman–Crippen LogP) is 3.37. The quantitative estimate of drug-likeness (QED) is 0.726. The minimum atomic E-state index is 0.0138. The number of aromatic nitrogens is 1. The Morgan fingerprint density at radius 1 is 1.22 bits per heavy atom. The lowest BCUT2D eigenvalue weighted by atomic mass is 10.1. The molecule has 2 heterocycles. The van der Waals surface area contributed by atoms with Crippen molar-refractivity contribution in [2.24, 2.45) is 0 Å². The van der Waals surface area contributed by atoms with Gasteiger partial charge in [-0.05, 0) is 42.5 Å². The van der Waals surface area contributed by atoms with E-state index in [0.29, 0.717) is 6.61 Å². The number of fused-ring (bicyclic) bond motifs is 2. The summed E-state index contributed by atoms with van der Waals surface area (Å²) in [5.74, 6) is 2.48. The van der Waals surface area contributed by atoms with E-state index in [9.17, 15) is 0 Å². The second-order valence-corrected chi connectivity index (χ2v) is 5.53. The fourth-order valence-corrected chi connectivity index (χ4v) is 2.94. The number of hydrogen-bond donors (Lipinski definition) is 2. The molecule has 5 heteroatoms. The van der Waals surface area contributed by atoms with Crippen molar-refractivity contribution >= 4 is 22.4 Å². The molecule has 1 aliphatic heterocycles. The number of hydrogen-bond acceptors (Lipinski definition) is 5. The van der Waals surface area contributed by atoms with Crippen molar-refractivity contribution in [1.82, 2.24) is 4.98 Å². The van der Waals surface area contributed by atoms with Crippen LogP contribution >= 0.6 is 0 Å². The number of nitrogen functional groups attached to an aromatic ring is 1. The molecule has 3 N–H and O–H groups in total. The molecular weight excluding hydrogens is 290 g/mol. The van der Waals surface area contributed by atoms with E-state index in [1.165, 1.54) is 0 Å². The van der Waals surface area contributed by atoms with Crippen LogP contribution in [0.4, 0.5) is 11.5 Å². The first kappa shape index (κ1) is 13.7. The zero-order valence-electron chi connectivity index (χ0n) is 12.7. The maximum Gasteiger partial charge on any atom is 0.128 e. The van der Waals surface area contributed by atoms with E-state index in [0.717, 1.165) is 39.5 Å². The number of benzene rings is 2. The Labute approximate surface area is 134 Å². The van der Waals surface area contributed by atoms with E-state index >= 15 is 0 Å². The molecular formula is C18H17N3O2. The SMILES string of the molecule is COc1cccc2c1C(Nc1ccc3cc(N)ccc3n1)CO2. The van der Waals surface area contributed by atoms with Crippen LogP contribution in [0.1, 0.15) is 11.6 Å². The minimum absolute atomic E-state index is 0.0138. The number of nitrogens with zero attached hydrogens (tertiary/aromatic N) is 1. The van der Waals surface area contributed by atoms with E-state index in [-0.39, 0.29) is 6.04 Å². The first-order valence-corrected chi connectivity index (χ1v) is 7.47. The van der Waals surface area contributed by atoms with E-state index in [1.807, 2.05) is 48.5 Å². The van der Waals surface area contributed by atoms with Gasteiger partial charge < -0.3 is 20.5 Å². The molecule has 1 aliphatic rings. The lowest BCUT2D eigenvalue weighted by molar-refractivity contribution is 0.339. The largest absolute Gasteiger partial charge is 0.496 e. The van der Waals surface area contributed by atoms with Crippen molar-refractivity contribution in [3.8, 4) is 11.5 Å². The van der Waals surface area contributed by atoms with Crippen LogP contribution in [-0.2, 0) is 0 Å². The summed E-state index contributed by atoms with van der Waals surface area (Å²) in [5, 5.41) is 4.46. The van der Waals surface area contributed by atoms with Gasteiger partial charge in [-0.1, -0.05) is 6.07 Å². The average molecular weight is 307 g/mol. The molecule has 2 aromatic carbocycles. The number of pyridine rings is 1. The van der Waals surface area contributed by atoms with E-state index in [4.69, 9.17) is 15.2 Å². The van der Waals surface area contributed by atoms with Gasteiger partial charge in [-0.15, -0.1) is 0 Å². The molecule has 23 heavy (non-hydrogen) atoms. The molecule has 0 bridgehead atoms. The highest BCUT2D eigenvalue weighted by atomic mass is 16.5. The lowest BCUT2D eigenvalue weighted by Crippen LogP contribution is -2.13. The third kappa shape index (κ3) is 2.40. The third-order valence-corrected chi connectivity index (χ3v) is 4.04. The van der Waals surface area contributed by atoms with Crippen LogP contribution in [0.3, 0.4) is 0 Å². The van der Waals surface area contributed by atoms with Gasteiger partial charge in [-0.3, -0.25) is 0 Å². The van der Waals surface area contributed by atoms with Crippen LogP contribution in [0, 0.1) is 0 Å². The molecule has 0 saturated carbocycles. The standard InChI is InChI=1S/C18H17N3O2/c1-22-15-3-2-4-16-18(15)14(10-23-16)21-17-8-5-11-9-12(19)6-7-13(11)20-17/h2-9,14H,10,19H2,1H3,(H,20,21). The highest BCUT2D eigenvalue weighted by Crippen LogP contribution is 2.40. The number of ether oxygens (including phenoxy) is 2. The van der Waals surface area contributed by atoms with Crippen molar-refractivity contribution in [3.63, 3.8) is 0 Å². The second-order valence-electron chi connectivity index (χ2n) is 5.53. The lowest BCUT2D eigenvalue weighted by Gasteiger charge is -2.15. The molecule has 1 atom stereocenters. The van der Waals surface area contributed by atoms with Gasteiger partial charge in [0.05, 0.1) is 24.2 Å². The summed E-state index contributed by atoms with van der Waals surface area (Å²) in [7, 11) is 1.67. The van der Waals surface area contributed by atoms with Gasteiger partial charge in [0.2, 0.25) is 0 Å². The Balaban J connectivity index is 1.67. The minimum Gasteiger partial charge on any atom is -0.496 e. The van der Waals surface area contributed by atoms with Gasteiger partial charge in [0.1, 0.15) is 23.9 Å². The van der Waals surface area contributed by atoms with Crippen LogP contribution < -0.4 is 20.5 Å². The normalized spacial score (nSPS) is 16.0. The van der Waals surface area contributed by atoms with Crippen molar-refractivity contribution in [1.29, 1.82) is 0 Å². The monoisotopic (exact) mass is 307 g/mol. The summed E-state index contributed by atoms with van der Waals surface area (Å²) >= 11 is 0. The summed E-state index contributed by atoms with van der Waals surface area (Å²) in [6, 6.07) is 15.5. The summed E-state index contributed by atoms with van der Waals surface area (Å²) in [6.07, 6.45) is 0. The van der Waals surface area contributed by atoms with Gasteiger partial charge >= 0.3 is 0 Å². The van der Waals surface area contributed by atoms with Gasteiger partial charge in [-0.25, -0.2) is 4.98 Å². The topological polar surface area (TPSA) is 69.4 Å². The summed E-state index contributed by atoms with van der Waals surface area (Å²) in [5.41, 5.74) is 8.49. The highest BCUT2D eigenvalue weighted by molar-refractivity contribution is 5.83. The van der Waals surface area contributed by atoms with Crippen LogP contribution in [0.25, 0.3) is 10.9 Å². The number of rotatable bonds is 3. The molecule has 5 nitrogen and oxygen atoms in total. The van der Waals surface area contributed by atoms with Gasteiger partial charge in [0.15, 0.2) is 0 Å². The van der Waals surface area contributed by atoms with Crippen LogP contribution in [0.15, 0.2) is 48.5 Å². The summed E-state index contributed by atoms with van der Waals surface area (Å²) < 4.78 is 11.2. The maximum absolute atomic E-state index is 5.81. The van der Waals surface area contributed by atoms with Crippen LogP contribution in [0.2, 0.25) is 0 Å². The van der Waals surface area contributed by atoms with Crippen molar-refractivity contribution < 1.29 is 9.47 Å². The molecule has 4 rings (SSSR count). The fraction of sp³-hybridized carbons (Fsp3) is 0.167. The Morgan fingerprint density at radius 2 is 2.13 bits per heavy atom. The van der Waals surface area contributed by atoms with Gasteiger partial charge in [-0.2, -0.15) is 0 Å². The average Bonchev–Trinajstić information content (AvgIpc) is 2.98. The molecule has 0 radical (unpaired) electrons. The molecule has 1 aromatic heterocycles. The molecule has 0 aliphatic carbocycles. The number of nitrogens with two attached hydrogens (primary N) is 1. The molecule has 0 amide bonds. The number of nitrogens with one attached hydrogen (secondary N) is 1. The zero-order chi connectivity index (χ0) is 15.8. The first-order valence-electron chi connectivity index (χ1n) is 7.47. The first-order chi connectivity index (χ1) is 11.2. The van der Waals surface area contributed by atoms with Crippen molar-refractivity contribution in [2.75, 3.05) is 24.8 Å². The summed E-state index contributed by atoms with van der Waals surface area (Å²) in [6.45, 7) is 0.553. The fourth-order valence-electron chi connectivity index (χ4n) is 2.94. The highest BCUT2D eigenvalue weighted by Gasteiger charge is 2.28. The number of methoxy groups -OCH3 is 1. The molecule has 0 fully saturated rings. The zero-order valence-corrected chi connectivity index (χ0v) is 12.7. The molecule has 1 unspecified atom stereocenters. The van der Waals surface area contributed by atoms with E-state index in [1.54, 1.807) is 7.11 Å². The number of anilines is 2. The second kappa shape index (κ2) is 5.35. The molecule has 116 valence electrons. The van der Waals surface area contributed by atoms with Crippen LogP contribution in [-0.4, -0.2) is 18.7 Å². The molecule has 0 spiro atoms. The summed E-state index contributed by atoms with van der Waals surface area (Å²) in [4.78, 5) is 4.65. The Bertz CT molecular complexity index is 879. The van der Waals surface area contributed by atoms with Gasteiger partial charge in [0, 0.05) is 11.1 Å². The van der Waals surface area contributed by atoms with E-state index < -0.39 is 0 Å². The Hall–Kier alpha value is -2.95. The Morgan fingerprint density at radius 3 is 3.00 bits per heavy atom. The van der Waals surface area contributed by atoms with Crippen molar-refractivity contribution in [3.05, 3.63) is 54.1 Å². The predicted molar refractivity (Wildman–Crippen MR) is 91.0 cm³/mol. The third-order valence-electron chi connectivity index (χ3n) is 4.04. The smallest absolute Gasteiger partial charge is 0.128 e. The molecule has 3 aromatic rings. The van der Waals surface area contributed by atoms with Crippen molar-refractivity contribution in [2.45, 2.75) is 6.04 Å². The van der Waals surface area contributed by atoms with Gasteiger partial charge in [0.25, 0.3) is 0 Å². The Kier molecular flexibility index (Phi) is 3.19. The van der Waals surface area contributed by atoms with Crippen LogP contribution in [0.5, 0.6) is 11.5 Å². The maximum atomic E-state index is 5.81.